The number of rotatable bonds is 2. The Morgan fingerprint density at radius 3 is 2.56 bits per heavy atom. The maximum atomic E-state index is 11.3. The van der Waals surface area contributed by atoms with Gasteiger partial charge in [0, 0.05) is 0 Å². The monoisotopic (exact) mass is 219 g/mol. The Labute approximate surface area is 93.9 Å². The van der Waals surface area contributed by atoms with Crippen molar-refractivity contribution in [3.8, 4) is 0 Å². The summed E-state index contributed by atoms with van der Waals surface area (Å²) < 4.78 is 10.2. The van der Waals surface area contributed by atoms with Crippen LogP contribution in [0.25, 0.3) is 0 Å². The molecule has 0 fully saturated rings. The van der Waals surface area contributed by atoms with Gasteiger partial charge < -0.3 is 9.47 Å². The highest BCUT2D eigenvalue weighted by Gasteiger charge is 2.38. The summed E-state index contributed by atoms with van der Waals surface area (Å²) in [5.74, 6) is -0.379. The second kappa shape index (κ2) is 3.96. The fourth-order valence-electron chi connectivity index (χ4n) is 1.28. The highest BCUT2D eigenvalue weighted by molar-refractivity contribution is 5.96. The van der Waals surface area contributed by atoms with Gasteiger partial charge in [0.25, 0.3) is 0 Å². The summed E-state index contributed by atoms with van der Waals surface area (Å²) in [6, 6.07) is 9.64. The largest absolute Gasteiger partial charge is 0.445 e. The number of nitrogens with zero attached hydrogens (tertiary/aromatic N) is 1. The molecule has 84 valence electrons. The lowest BCUT2D eigenvalue weighted by atomic mass is 10.1. The molecule has 0 N–H and O–H groups in total. The van der Waals surface area contributed by atoms with Crippen LogP contribution in [0, 0.1) is 0 Å². The second-order valence-corrected chi connectivity index (χ2v) is 4.10. The summed E-state index contributed by atoms with van der Waals surface area (Å²) in [7, 11) is 0. The molecule has 0 bridgehead atoms. The van der Waals surface area contributed by atoms with Crippen molar-refractivity contribution in [3.63, 3.8) is 0 Å². The van der Waals surface area contributed by atoms with Gasteiger partial charge in [0.1, 0.15) is 6.61 Å². The maximum Gasteiger partial charge on any atom is 0.392 e. The van der Waals surface area contributed by atoms with Gasteiger partial charge in [-0.15, -0.1) is 0 Å². The van der Waals surface area contributed by atoms with E-state index in [1.165, 1.54) is 0 Å². The molecule has 1 heterocycles. The van der Waals surface area contributed by atoms with Crippen molar-refractivity contribution in [2.24, 2.45) is 4.99 Å². The minimum atomic E-state index is -0.827. The number of carbonyl (C=O) groups excluding carboxylic acids is 1. The first-order valence-corrected chi connectivity index (χ1v) is 5.07. The summed E-state index contributed by atoms with van der Waals surface area (Å²) in [5, 5.41) is 0. The molecule has 4 heteroatoms. The predicted molar refractivity (Wildman–Crippen MR) is 58.8 cm³/mol. The van der Waals surface area contributed by atoms with Crippen molar-refractivity contribution in [3.05, 3.63) is 35.9 Å². The minimum absolute atomic E-state index is 0.0545. The van der Waals surface area contributed by atoms with Crippen LogP contribution in [0.2, 0.25) is 0 Å². The molecule has 16 heavy (non-hydrogen) atoms. The standard InChI is InChI=1S/C12H13NO3/c1-12(2)10(14)16-11(13-12)15-8-9-6-4-3-5-7-9/h3-7H,8H2,1-2H3. The van der Waals surface area contributed by atoms with Gasteiger partial charge in [-0.05, 0) is 19.4 Å². The summed E-state index contributed by atoms with van der Waals surface area (Å²) in [6.07, 6.45) is 0.0545. The first-order chi connectivity index (χ1) is 7.58. The molecular weight excluding hydrogens is 206 g/mol. The molecule has 1 aliphatic heterocycles. The fraction of sp³-hybridized carbons (Fsp3) is 0.333. The lowest BCUT2D eigenvalue weighted by Gasteiger charge is -2.04. The zero-order valence-electron chi connectivity index (χ0n) is 9.27. The predicted octanol–water partition coefficient (Wildman–Crippen LogP) is 1.89. The molecule has 0 radical (unpaired) electrons. The van der Waals surface area contributed by atoms with Gasteiger partial charge in [-0.25, -0.2) is 4.79 Å². The lowest BCUT2D eigenvalue weighted by molar-refractivity contribution is -0.139. The molecule has 0 spiro atoms. The van der Waals surface area contributed by atoms with Crippen molar-refractivity contribution >= 4 is 12.1 Å². The van der Waals surface area contributed by atoms with E-state index in [1.54, 1.807) is 13.8 Å². The molecule has 1 aromatic rings. The second-order valence-electron chi connectivity index (χ2n) is 4.10. The summed E-state index contributed by atoms with van der Waals surface area (Å²) in [6.45, 7) is 3.73. The Morgan fingerprint density at radius 2 is 2.00 bits per heavy atom. The minimum Gasteiger partial charge on any atom is -0.445 e. The Bertz CT molecular complexity index is 423. The summed E-state index contributed by atoms with van der Waals surface area (Å²) >= 11 is 0. The van der Waals surface area contributed by atoms with Gasteiger partial charge >= 0.3 is 12.1 Å². The Hall–Kier alpha value is -1.84. The molecular formula is C12H13NO3. The molecule has 0 unspecified atom stereocenters. The van der Waals surface area contributed by atoms with Crippen LogP contribution in [0.4, 0.5) is 0 Å². The number of aliphatic imine (C=N–C) groups is 1. The molecule has 1 aromatic carbocycles. The number of carbonyl (C=O) groups is 1. The molecule has 4 nitrogen and oxygen atoms in total. The third-order valence-corrected chi connectivity index (χ3v) is 2.26. The maximum absolute atomic E-state index is 11.3. The number of ether oxygens (including phenoxy) is 2. The molecule has 2 rings (SSSR count). The zero-order chi connectivity index (χ0) is 11.6. The third kappa shape index (κ3) is 2.21. The number of esters is 1. The highest BCUT2D eigenvalue weighted by Crippen LogP contribution is 2.19. The smallest absolute Gasteiger partial charge is 0.392 e. The van der Waals surface area contributed by atoms with Gasteiger partial charge in [0.15, 0.2) is 5.54 Å². The van der Waals surface area contributed by atoms with E-state index < -0.39 is 5.54 Å². The van der Waals surface area contributed by atoms with Crippen molar-refractivity contribution in [2.45, 2.75) is 26.0 Å². The molecule has 0 saturated carbocycles. The van der Waals surface area contributed by atoms with Crippen LogP contribution in [-0.4, -0.2) is 17.6 Å². The van der Waals surface area contributed by atoms with E-state index in [0.717, 1.165) is 5.56 Å². The number of hydrogen-bond acceptors (Lipinski definition) is 4. The zero-order valence-corrected chi connectivity index (χ0v) is 9.27. The van der Waals surface area contributed by atoms with Crippen molar-refractivity contribution in [1.82, 2.24) is 0 Å². The van der Waals surface area contributed by atoms with Crippen LogP contribution in [0.1, 0.15) is 19.4 Å². The molecule has 0 aromatic heterocycles. The van der Waals surface area contributed by atoms with Crippen molar-refractivity contribution in [2.75, 3.05) is 0 Å². The van der Waals surface area contributed by atoms with Crippen LogP contribution in [0.3, 0.4) is 0 Å². The number of benzene rings is 1. The fourth-order valence-corrected chi connectivity index (χ4v) is 1.28. The van der Waals surface area contributed by atoms with E-state index in [2.05, 4.69) is 4.99 Å². The number of hydrogen-bond donors (Lipinski definition) is 0. The molecule has 0 aliphatic carbocycles. The van der Waals surface area contributed by atoms with E-state index >= 15 is 0 Å². The summed E-state index contributed by atoms with van der Waals surface area (Å²) in [5.41, 5.74) is 0.178. The van der Waals surface area contributed by atoms with E-state index in [4.69, 9.17) is 9.47 Å². The van der Waals surface area contributed by atoms with Gasteiger partial charge in [-0.2, -0.15) is 4.99 Å². The van der Waals surface area contributed by atoms with E-state index in [1.807, 2.05) is 30.3 Å². The normalized spacial score (nSPS) is 17.9. The lowest BCUT2D eigenvalue weighted by Crippen LogP contribution is -2.25. The quantitative estimate of drug-likeness (QED) is 0.714. The first-order valence-electron chi connectivity index (χ1n) is 5.07. The van der Waals surface area contributed by atoms with Crippen LogP contribution < -0.4 is 0 Å². The molecule has 0 saturated heterocycles. The molecule has 0 amide bonds. The highest BCUT2D eigenvalue weighted by atomic mass is 16.7. The SMILES string of the molecule is CC1(C)N=C(OCc2ccccc2)OC1=O. The Morgan fingerprint density at radius 1 is 1.31 bits per heavy atom. The van der Waals surface area contributed by atoms with E-state index in [-0.39, 0.29) is 12.1 Å². The first kappa shape index (κ1) is 10.7. The van der Waals surface area contributed by atoms with Gasteiger partial charge in [-0.1, -0.05) is 30.3 Å². The van der Waals surface area contributed by atoms with Crippen LogP contribution in [0.5, 0.6) is 0 Å². The average molecular weight is 219 g/mol. The van der Waals surface area contributed by atoms with Gasteiger partial charge in [0.05, 0.1) is 0 Å². The number of cyclic esters (lactones) is 1. The third-order valence-electron chi connectivity index (χ3n) is 2.26. The Balaban J connectivity index is 1.96. The van der Waals surface area contributed by atoms with Crippen molar-refractivity contribution < 1.29 is 14.3 Å². The van der Waals surface area contributed by atoms with Crippen LogP contribution in [0.15, 0.2) is 35.3 Å². The van der Waals surface area contributed by atoms with E-state index in [9.17, 15) is 4.79 Å². The topological polar surface area (TPSA) is 47.9 Å². The molecule has 0 atom stereocenters. The van der Waals surface area contributed by atoms with Crippen LogP contribution >= 0.6 is 0 Å². The van der Waals surface area contributed by atoms with Crippen LogP contribution in [-0.2, 0) is 20.9 Å². The van der Waals surface area contributed by atoms with Crippen molar-refractivity contribution in [1.29, 1.82) is 0 Å². The summed E-state index contributed by atoms with van der Waals surface area (Å²) in [4.78, 5) is 15.3. The molecule has 1 aliphatic rings. The van der Waals surface area contributed by atoms with Gasteiger partial charge in [-0.3, -0.25) is 0 Å². The van der Waals surface area contributed by atoms with Gasteiger partial charge in [0.2, 0.25) is 0 Å². The average Bonchev–Trinajstić information content (AvgIpc) is 2.52. The van der Waals surface area contributed by atoms with E-state index in [0.29, 0.717) is 6.61 Å². The Kier molecular flexibility index (Phi) is 2.64.